The van der Waals surface area contributed by atoms with E-state index in [2.05, 4.69) is 0 Å². The molecule has 0 aromatic carbocycles. The second-order valence-corrected chi connectivity index (χ2v) is 4.73. The average molecular weight is 239 g/mol. The van der Waals surface area contributed by atoms with Crippen LogP contribution in [0.2, 0.25) is 0 Å². The molecule has 1 aromatic rings. The monoisotopic (exact) mass is 239 g/mol. The van der Waals surface area contributed by atoms with Crippen molar-refractivity contribution < 1.29 is 13.9 Å². The smallest absolute Gasteiger partial charge is 0.325 e. The van der Waals surface area contributed by atoms with E-state index in [1.54, 1.807) is 0 Å². The molecule has 1 rings (SSSR count). The summed E-state index contributed by atoms with van der Waals surface area (Å²) in [7, 11) is 3.32. The third-order valence-corrected chi connectivity index (χ3v) is 3.13. The summed E-state index contributed by atoms with van der Waals surface area (Å²) in [5, 5.41) is 0. The van der Waals surface area contributed by atoms with Gasteiger partial charge in [0.2, 0.25) is 0 Å². The van der Waals surface area contributed by atoms with Gasteiger partial charge in [0, 0.05) is 13.0 Å². The Kier molecular flexibility index (Phi) is 4.34. The lowest BCUT2D eigenvalue weighted by Crippen LogP contribution is -2.49. The normalized spacial score (nSPS) is 11.9. The van der Waals surface area contributed by atoms with Gasteiger partial charge in [0.05, 0.1) is 7.11 Å². The Morgan fingerprint density at radius 2 is 2.12 bits per heavy atom. The molecule has 96 valence electrons. The topological polar surface area (TPSA) is 42.7 Å². The van der Waals surface area contributed by atoms with Crippen LogP contribution in [0.5, 0.6) is 0 Å². The third kappa shape index (κ3) is 3.33. The van der Waals surface area contributed by atoms with Gasteiger partial charge in [-0.1, -0.05) is 0 Å². The van der Waals surface area contributed by atoms with Gasteiger partial charge in [-0.05, 0) is 40.0 Å². The highest BCUT2D eigenvalue weighted by Crippen LogP contribution is 2.15. The molecule has 0 bridgehead atoms. The number of nitrogens with zero attached hydrogens (tertiary/aromatic N) is 1. The maximum absolute atomic E-state index is 11.6. The van der Waals surface area contributed by atoms with Crippen molar-refractivity contribution in [1.29, 1.82) is 0 Å². The molecule has 0 saturated heterocycles. The minimum atomic E-state index is -0.615. The number of likely N-dealkylation sites (N-methyl/N-ethyl adjacent to an activating group) is 1. The molecule has 17 heavy (non-hydrogen) atoms. The van der Waals surface area contributed by atoms with Crippen molar-refractivity contribution in [1.82, 2.24) is 4.90 Å². The van der Waals surface area contributed by atoms with Crippen molar-refractivity contribution in [2.45, 2.75) is 32.7 Å². The molecule has 0 atom stereocenters. The van der Waals surface area contributed by atoms with Gasteiger partial charge in [0.15, 0.2) is 0 Å². The Morgan fingerprint density at radius 1 is 1.47 bits per heavy atom. The Labute approximate surface area is 103 Å². The standard InChI is InChI=1S/C13H21NO3/c1-10-6-7-11(17-10)8-9-14(4)13(2,3)12(15)16-5/h6-7H,8-9H2,1-5H3. The molecule has 0 fully saturated rings. The number of hydrogen-bond donors (Lipinski definition) is 0. The maximum Gasteiger partial charge on any atom is 0.325 e. The molecule has 0 aliphatic carbocycles. The Bertz CT molecular complexity index is 382. The zero-order valence-corrected chi connectivity index (χ0v) is 11.2. The Morgan fingerprint density at radius 3 is 2.59 bits per heavy atom. The van der Waals surface area contributed by atoms with Crippen molar-refractivity contribution in [2.75, 3.05) is 20.7 Å². The molecule has 0 amide bonds. The van der Waals surface area contributed by atoms with Crippen LogP contribution < -0.4 is 0 Å². The Hall–Kier alpha value is -1.29. The number of ether oxygens (including phenoxy) is 1. The van der Waals surface area contributed by atoms with Crippen LogP contribution in [0.4, 0.5) is 0 Å². The number of esters is 1. The van der Waals surface area contributed by atoms with Crippen LogP contribution in [0.25, 0.3) is 0 Å². The molecule has 0 radical (unpaired) electrons. The summed E-state index contributed by atoms with van der Waals surface area (Å²) in [6.45, 7) is 6.37. The summed E-state index contributed by atoms with van der Waals surface area (Å²) in [4.78, 5) is 13.6. The zero-order chi connectivity index (χ0) is 13.1. The van der Waals surface area contributed by atoms with Crippen LogP contribution >= 0.6 is 0 Å². The van der Waals surface area contributed by atoms with Gasteiger partial charge in [-0.2, -0.15) is 0 Å². The predicted molar refractivity (Wildman–Crippen MR) is 65.9 cm³/mol. The number of rotatable bonds is 5. The van der Waals surface area contributed by atoms with Crippen molar-refractivity contribution in [3.05, 3.63) is 23.7 Å². The van der Waals surface area contributed by atoms with E-state index in [0.29, 0.717) is 0 Å². The molecule has 1 aromatic heterocycles. The van der Waals surface area contributed by atoms with Crippen molar-refractivity contribution in [3.8, 4) is 0 Å². The van der Waals surface area contributed by atoms with Gasteiger partial charge in [-0.25, -0.2) is 0 Å². The lowest BCUT2D eigenvalue weighted by atomic mass is 10.0. The van der Waals surface area contributed by atoms with Crippen LogP contribution in [0, 0.1) is 6.92 Å². The van der Waals surface area contributed by atoms with Crippen molar-refractivity contribution >= 4 is 5.97 Å². The first-order valence-corrected chi connectivity index (χ1v) is 5.73. The van der Waals surface area contributed by atoms with Gasteiger partial charge in [-0.15, -0.1) is 0 Å². The number of hydrogen-bond acceptors (Lipinski definition) is 4. The fourth-order valence-corrected chi connectivity index (χ4v) is 1.58. The Balaban J connectivity index is 2.54. The molecule has 1 heterocycles. The highest BCUT2D eigenvalue weighted by atomic mass is 16.5. The summed E-state index contributed by atoms with van der Waals surface area (Å²) < 4.78 is 10.3. The minimum Gasteiger partial charge on any atom is -0.468 e. The summed E-state index contributed by atoms with van der Waals surface area (Å²) >= 11 is 0. The molecule has 4 heteroatoms. The quantitative estimate of drug-likeness (QED) is 0.737. The van der Waals surface area contributed by atoms with E-state index in [1.165, 1.54) is 7.11 Å². The lowest BCUT2D eigenvalue weighted by molar-refractivity contribution is -0.152. The van der Waals surface area contributed by atoms with Crippen LogP contribution in [-0.4, -0.2) is 37.1 Å². The van der Waals surface area contributed by atoms with Gasteiger partial charge in [-0.3, -0.25) is 9.69 Å². The van der Waals surface area contributed by atoms with Gasteiger partial charge in [0.25, 0.3) is 0 Å². The summed E-state index contributed by atoms with van der Waals surface area (Å²) in [5.74, 6) is 1.63. The van der Waals surface area contributed by atoms with Crippen LogP contribution in [0.3, 0.4) is 0 Å². The van der Waals surface area contributed by atoms with Crippen LogP contribution in [-0.2, 0) is 16.0 Å². The SMILES string of the molecule is COC(=O)C(C)(C)N(C)CCc1ccc(C)o1. The molecule has 0 saturated carbocycles. The minimum absolute atomic E-state index is 0.226. The average Bonchev–Trinajstić information content (AvgIpc) is 2.70. The largest absolute Gasteiger partial charge is 0.468 e. The first-order chi connectivity index (χ1) is 7.87. The summed E-state index contributed by atoms with van der Waals surface area (Å²) in [6.07, 6.45) is 0.783. The second-order valence-electron chi connectivity index (χ2n) is 4.73. The van der Waals surface area contributed by atoms with E-state index in [9.17, 15) is 4.79 Å². The predicted octanol–water partition coefficient (Wildman–Crippen LogP) is 2.01. The van der Waals surface area contributed by atoms with E-state index >= 15 is 0 Å². The van der Waals surface area contributed by atoms with Crippen LogP contribution in [0.1, 0.15) is 25.4 Å². The lowest BCUT2D eigenvalue weighted by Gasteiger charge is -2.32. The summed E-state index contributed by atoms with van der Waals surface area (Å²) in [6, 6.07) is 3.91. The molecule has 4 nitrogen and oxygen atoms in total. The maximum atomic E-state index is 11.6. The van der Waals surface area contributed by atoms with E-state index in [-0.39, 0.29) is 5.97 Å². The molecule has 0 aliphatic rings. The zero-order valence-electron chi connectivity index (χ0n) is 11.2. The second kappa shape index (κ2) is 5.36. The van der Waals surface area contributed by atoms with E-state index in [0.717, 1.165) is 24.5 Å². The third-order valence-electron chi connectivity index (χ3n) is 3.13. The molecular formula is C13H21NO3. The highest BCUT2D eigenvalue weighted by Gasteiger charge is 2.32. The van der Waals surface area contributed by atoms with Gasteiger partial charge >= 0.3 is 5.97 Å². The number of aryl methyl sites for hydroxylation is 1. The van der Waals surface area contributed by atoms with E-state index in [1.807, 2.05) is 44.9 Å². The summed E-state index contributed by atoms with van der Waals surface area (Å²) in [5.41, 5.74) is -0.615. The first kappa shape index (κ1) is 13.8. The van der Waals surface area contributed by atoms with Crippen molar-refractivity contribution in [2.24, 2.45) is 0 Å². The van der Waals surface area contributed by atoms with E-state index < -0.39 is 5.54 Å². The molecule has 0 unspecified atom stereocenters. The van der Waals surface area contributed by atoms with E-state index in [4.69, 9.17) is 9.15 Å². The number of carbonyl (C=O) groups excluding carboxylic acids is 1. The molecule has 0 aliphatic heterocycles. The molecule has 0 N–H and O–H groups in total. The van der Waals surface area contributed by atoms with Gasteiger partial charge < -0.3 is 9.15 Å². The molecule has 0 spiro atoms. The van der Waals surface area contributed by atoms with Crippen LogP contribution in [0.15, 0.2) is 16.5 Å². The molecular weight excluding hydrogens is 218 g/mol. The fraction of sp³-hybridized carbons (Fsp3) is 0.615. The number of methoxy groups -OCH3 is 1. The number of furan rings is 1. The highest BCUT2D eigenvalue weighted by molar-refractivity contribution is 5.79. The fourth-order valence-electron chi connectivity index (χ4n) is 1.58. The van der Waals surface area contributed by atoms with Gasteiger partial charge in [0.1, 0.15) is 17.1 Å². The first-order valence-electron chi connectivity index (χ1n) is 5.73. The number of carbonyl (C=O) groups is 1. The van der Waals surface area contributed by atoms with Crippen molar-refractivity contribution in [3.63, 3.8) is 0 Å².